The molecule has 0 saturated carbocycles. The summed E-state index contributed by atoms with van der Waals surface area (Å²) in [7, 11) is 0. The van der Waals surface area contributed by atoms with Crippen molar-refractivity contribution in [3.8, 4) is 0 Å². The topological polar surface area (TPSA) is 0 Å². The van der Waals surface area contributed by atoms with Crippen LogP contribution in [0.2, 0.25) is 0 Å². The second-order valence-corrected chi connectivity index (χ2v) is 0. The van der Waals surface area contributed by atoms with Gasteiger partial charge in [0.25, 0.3) is 0 Å². The van der Waals surface area contributed by atoms with Crippen LogP contribution < -0.4 is 0 Å². The fraction of sp³-hybridized carbons (Fsp3) is 0. The predicted octanol–water partition coefficient (Wildman–Crippen LogP) is -1.19. The van der Waals surface area contributed by atoms with Crippen molar-refractivity contribution >= 4 is 8.41 Å². The summed E-state index contributed by atoms with van der Waals surface area (Å²) >= 11 is 0. The van der Waals surface area contributed by atoms with E-state index in [0.29, 0.717) is 0 Å². The van der Waals surface area contributed by atoms with E-state index in [9.17, 15) is 0 Å². The van der Waals surface area contributed by atoms with E-state index in [1.165, 1.54) is 0 Å². The third-order valence-electron chi connectivity index (χ3n) is 0. The fourth-order valence-electron chi connectivity index (χ4n) is 0. The molecule has 0 aliphatic carbocycles. The molecule has 0 spiro atoms. The first-order valence-corrected chi connectivity index (χ1v) is 0. The molecule has 0 aromatic carbocycles. The largest absolute Gasteiger partial charge is 0.0814 e. The molecule has 4 heteroatoms. The molecule has 0 fully saturated rings. The Balaban J connectivity index is 0. The van der Waals surface area contributed by atoms with Crippen molar-refractivity contribution in [1.29, 1.82) is 0 Å². The first kappa shape index (κ1) is 30.4. The molecule has 4 heavy (non-hydrogen) atoms. The maximum absolute atomic E-state index is 0. The van der Waals surface area contributed by atoms with Gasteiger partial charge in [0, 0.05) is 79.0 Å². The van der Waals surface area contributed by atoms with Crippen LogP contribution in [0.3, 0.4) is 0 Å². The van der Waals surface area contributed by atoms with Gasteiger partial charge in [-0.05, 0) is 0 Å². The van der Waals surface area contributed by atoms with E-state index in [1.807, 2.05) is 0 Å². The van der Waals surface area contributed by atoms with Crippen LogP contribution in [0, 0.1) is 40.8 Å². The van der Waals surface area contributed by atoms with Crippen molar-refractivity contribution in [3.05, 3.63) is 0 Å². The molecule has 0 atom stereocenters. The third-order valence-corrected chi connectivity index (χ3v) is 0. The molecule has 0 bridgehead atoms. The Morgan fingerprint density at radius 2 is 1.00 bits per heavy atom. The molecular formula is H3BFeMoNd. The van der Waals surface area contributed by atoms with Crippen LogP contribution in [0.1, 0.15) is 0 Å². The van der Waals surface area contributed by atoms with Gasteiger partial charge in [0.1, 0.15) is 0 Å². The molecule has 0 nitrogen and oxygen atoms in total. The Hall–Kier alpha value is 2.62. The maximum Gasteiger partial charge on any atom is 0.0814 e. The predicted molar refractivity (Wildman–Crippen MR) is 9.94 cm³/mol. The van der Waals surface area contributed by atoms with Gasteiger partial charge in [0.15, 0.2) is 0 Å². The van der Waals surface area contributed by atoms with Crippen LogP contribution in [-0.4, -0.2) is 8.41 Å². The summed E-state index contributed by atoms with van der Waals surface area (Å²) < 4.78 is 0. The van der Waals surface area contributed by atoms with Gasteiger partial charge in [-0.3, -0.25) is 0 Å². The van der Waals surface area contributed by atoms with Crippen LogP contribution in [0.25, 0.3) is 0 Å². The average Bonchev–Trinajstić information content (AvgIpc) is 0. The van der Waals surface area contributed by atoms with Gasteiger partial charge >= 0.3 is 0 Å². The van der Waals surface area contributed by atoms with Gasteiger partial charge in [-0.15, -0.1) is 0 Å². The van der Waals surface area contributed by atoms with Gasteiger partial charge in [-0.25, -0.2) is 0 Å². The first-order valence-electron chi connectivity index (χ1n) is 0. The Morgan fingerprint density at radius 3 is 1.00 bits per heavy atom. The van der Waals surface area contributed by atoms with Gasteiger partial charge in [-0.1, -0.05) is 0 Å². The number of rotatable bonds is 0. The number of hydrogen-bond donors (Lipinski definition) is 0. The smallest absolute Gasteiger partial charge is 0 e. The molecule has 0 rings (SSSR count). The summed E-state index contributed by atoms with van der Waals surface area (Å²) in [5, 5.41) is 0. The molecule has 0 aliphatic heterocycles. The standard InChI is InChI=1S/BH3.Fe.Mo.Nd/h1H3;;;. The molecule has 0 unspecified atom stereocenters. The van der Waals surface area contributed by atoms with Crippen molar-refractivity contribution in [3.63, 3.8) is 0 Å². The fourth-order valence-corrected chi connectivity index (χ4v) is 0. The van der Waals surface area contributed by atoms with Crippen LogP contribution in [0.4, 0.5) is 0 Å². The molecule has 24 valence electrons. The van der Waals surface area contributed by atoms with Crippen LogP contribution in [0.15, 0.2) is 0 Å². The van der Waals surface area contributed by atoms with Gasteiger partial charge in [-0.2, -0.15) is 0 Å². The van der Waals surface area contributed by atoms with Gasteiger partial charge in [0.2, 0.25) is 0 Å². The van der Waals surface area contributed by atoms with Crippen LogP contribution >= 0.6 is 0 Å². The Labute approximate surface area is 85.7 Å². The molecule has 0 heterocycles. The van der Waals surface area contributed by atoms with Crippen LogP contribution in [-0.2, 0) is 38.1 Å². The molecule has 0 saturated heterocycles. The Bertz CT molecular complexity index is 8.00. The van der Waals surface area contributed by atoms with Crippen molar-refractivity contribution in [2.45, 2.75) is 0 Å². The van der Waals surface area contributed by atoms with Crippen molar-refractivity contribution < 1.29 is 79.0 Å². The van der Waals surface area contributed by atoms with E-state index in [0.717, 1.165) is 0 Å². The van der Waals surface area contributed by atoms with E-state index in [2.05, 4.69) is 0 Å². The monoisotopic (exact) mass is 310 g/mol. The van der Waals surface area contributed by atoms with E-state index >= 15 is 0 Å². The third kappa shape index (κ3) is 8.82. The molecule has 0 aromatic rings. The Morgan fingerprint density at radius 1 is 1.00 bits per heavy atom. The number of hydrogen-bond acceptors (Lipinski definition) is 0. The molecule has 0 aliphatic rings. The zero-order valence-corrected chi connectivity index (χ0v) is 7.58. The van der Waals surface area contributed by atoms with Crippen molar-refractivity contribution in [2.24, 2.45) is 0 Å². The van der Waals surface area contributed by atoms with E-state index in [1.54, 1.807) is 0 Å². The van der Waals surface area contributed by atoms with E-state index in [4.69, 9.17) is 0 Å². The summed E-state index contributed by atoms with van der Waals surface area (Å²) in [6, 6.07) is 0. The quantitative estimate of drug-likeness (QED) is 0.494. The minimum atomic E-state index is 0. The Kier molecular flexibility index (Phi) is 133. The summed E-state index contributed by atoms with van der Waals surface area (Å²) in [6.45, 7) is 0. The minimum absolute atomic E-state index is 0. The average molecular weight is 310 g/mol. The molecule has 0 aromatic heterocycles. The zero-order chi connectivity index (χ0) is 0. The normalized spacial score (nSPS) is 0. The van der Waals surface area contributed by atoms with Crippen LogP contribution in [0.5, 0.6) is 0 Å². The molecule has 0 amide bonds. The van der Waals surface area contributed by atoms with E-state index in [-0.39, 0.29) is 87.4 Å². The summed E-state index contributed by atoms with van der Waals surface area (Å²) in [5.41, 5.74) is 0. The van der Waals surface area contributed by atoms with Gasteiger partial charge < -0.3 is 0 Å². The van der Waals surface area contributed by atoms with Crippen molar-refractivity contribution in [1.82, 2.24) is 0 Å². The molecule has 0 N–H and O–H groups in total. The summed E-state index contributed by atoms with van der Waals surface area (Å²) in [5.74, 6) is 0. The molecule has 0 radical (unpaired) electrons. The van der Waals surface area contributed by atoms with E-state index < -0.39 is 0 Å². The summed E-state index contributed by atoms with van der Waals surface area (Å²) in [4.78, 5) is 0. The maximum atomic E-state index is 0. The first-order chi connectivity index (χ1) is 0. The summed E-state index contributed by atoms with van der Waals surface area (Å²) in [6.07, 6.45) is 0. The van der Waals surface area contributed by atoms with Gasteiger partial charge in [0.05, 0.1) is 8.41 Å². The zero-order valence-electron chi connectivity index (χ0n) is 1.26. The van der Waals surface area contributed by atoms with Crippen molar-refractivity contribution in [2.75, 3.05) is 0 Å². The minimum Gasteiger partial charge on any atom is 0 e. The second-order valence-electron chi connectivity index (χ2n) is 0. The SMILES string of the molecule is B.[Fe].[Mo].[Nd]. The second kappa shape index (κ2) is 17.5. The molecular weight excluding hydrogens is 307 g/mol.